The van der Waals surface area contributed by atoms with E-state index in [1.165, 1.54) is 25.3 Å². The molecule has 0 aromatic heterocycles. The third-order valence-electron chi connectivity index (χ3n) is 4.61. The van der Waals surface area contributed by atoms with E-state index < -0.39 is 35.4 Å². The molecule has 0 bridgehead atoms. The number of carbonyl (C=O) groups excluding carboxylic acids is 2. The number of fused-ring (bicyclic) bond motifs is 1. The predicted molar refractivity (Wildman–Crippen MR) is 96.5 cm³/mol. The number of halogens is 2. The first-order chi connectivity index (χ1) is 13.3. The summed E-state index contributed by atoms with van der Waals surface area (Å²) in [5, 5.41) is 17.3. The molecule has 2 aliphatic heterocycles. The Morgan fingerprint density at radius 2 is 2.04 bits per heavy atom. The van der Waals surface area contributed by atoms with E-state index in [0.717, 1.165) is 12.1 Å². The summed E-state index contributed by atoms with van der Waals surface area (Å²) in [5.41, 5.74) is 1.05. The van der Waals surface area contributed by atoms with Crippen molar-refractivity contribution < 1.29 is 18.4 Å². The van der Waals surface area contributed by atoms with Gasteiger partial charge in [-0.05, 0) is 32.1 Å². The number of carbonyl (C=O) groups is 2. The second kappa shape index (κ2) is 7.64. The molecule has 6 nitrogen and oxygen atoms in total. The van der Waals surface area contributed by atoms with Crippen LogP contribution in [0.25, 0.3) is 0 Å². The van der Waals surface area contributed by atoms with Crippen LogP contribution in [0, 0.1) is 34.9 Å². The summed E-state index contributed by atoms with van der Waals surface area (Å²) in [6.07, 6.45) is 4.65. The van der Waals surface area contributed by atoms with Gasteiger partial charge in [-0.2, -0.15) is 5.26 Å². The molecule has 0 spiro atoms. The number of hydrogen-bond acceptors (Lipinski definition) is 4. The average Bonchev–Trinajstić information content (AvgIpc) is 2.66. The topological polar surface area (TPSA) is 94.0 Å². The standard InChI is InChI=1S/C20H17F2N4O2/c1-10(19(27)25-11(2)13-4-3-12(21)7-16(13)22)14-8-15-17(26-20(14)28)5-6-24-18(15)9-23/h3-8,10-11,24H,1-2H3,(H,25,27)(H,26,28)/t10-,11+/m1/s1. The van der Waals surface area contributed by atoms with Gasteiger partial charge in [0.15, 0.2) is 0 Å². The number of nitriles is 1. The second-order valence-electron chi connectivity index (χ2n) is 6.46. The first kappa shape index (κ1) is 19.3. The van der Waals surface area contributed by atoms with Crippen LogP contribution in [0.15, 0.2) is 53.4 Å². The first-order valence-electron chi connectivity index (χ1n) is 8.55. The summed E-state index contributed by atoms with van der Waals surface area (Å²) >= 11 is 0. The van der Waals surface area contributed by atoms with Gasteiger partial charge in [0.2, 0.25) is 11.8 Å². The molecule has 0 unspecified atom stereocenters. The number of benzene rings is 1. The number of rotatable bonds is 4. The summed E-state index contributed by atoms with van der Waals surface area (Å²) in [7, 11) is 0. The maximum absolute atomic E-state index is 13.9. The summed E-state index contributed by atoms with van der Waals surface area (Å²) < 4.78 is 27.0. The van der Waals surface area contributed by atoms with Crippen molar-refractivity contribution in [1.29, 1.82) is 5.26 Å². The zero-order chi connectivity index (χ0) is 20.4. The number of allylic oxidation sites excluding steroid dienone is 1. The number of hydrogen-bond donors (Lipinski definition) is 3. The lowest BCUT2D eigenvalue weighted by Gasteiger charge is -2.28. The minimum Gasteiger partial charge on any atom is -0.353 e. The largest absolute Gasteiger partial charge is 0.353 e. The predicted octanol–water partition coefficient (Wildman–Crippen LogP) is 2.26. The molecule has 2 atom stereocenters. The number of nitrogens with zero attached hydrogens (tertiary/aromatic N) is 1. The third kappa shape index (κ3) is 3.64. The third-order valence-corrected chi connectivity index (χ3v) is 4.61. The van der Waals surface area contributed by atoms with Crippen molar-refractivity contribution in [2.24, 2.45) is 5.92 Å². The van der Waals surface area contributed by atoms with Gasteiger partial charge in [0.1, 0.15) is 29.4 Å². The van der Waals surface area contributed by atoms with Crippen LogP contribution in [0.2, 0.25) is 0 Å². The first-order valence-corrected chi connectivity index (χ1v) is 8.55. The van der Waals surface area contributed by atoms with Crippen LogP contribution in [0.5, 0.6) is 0 Å². The van der Waals surface area contributed by atoms with E-state index in [-0.39, 0.29) is 16.8 Å². The van der Waals surface area contributed by atoms with Crippen LogP contribution in [-0.2, 0) is 9.59 Å². The van der Waals surface area contributed by atoms with Crippen LogP contribution in [0.3, 0.4) is 0 Å². The fourth-order valence-corrected chi connectivity index (χ4v) is 3.01. The lowest BCUT2D eigenvalue weighted by Crippen LogP contribution is -2.41. The van der Waals surface area contributed by atoms with Gasteiger partial charge in [0, 0.05) is 29.0 Å². The van der Waals surface area contributed by atoms with Crippen molar-refractivity contribution >= 4 is 11.8 Å². The molecule has 0 aliphatic carbocycles. The quantitative estimate of drug-likeness (QED) is 0.743. The number of dihydropyridines is 1. The molecule has 0 saturated heterocycles. The van der Waals surface area contributed by atoms with Crippen LogP contribution in [0.1, 0.15) is 25.5 Å². The van der Waals surface area contributed by atoms with E-state index >= 15 is 0 Å². The van der Waals surface area contributed by atoms with E-state index in [1.807, 2.05) is 6.07 Å². The van der Waals surface area contributed by atoms with Gasteiger partial charge >= 0.3 is 0 Å². The lowest BCUT2D eigenvalue weighted by molar-refractivity contribution is -0.126. The maximum atomic E-state index is 13.9. The van der Waals surface area contributed by atoms with Gasteiger partial charge in [-0.1, -0.05) is 6.07 Å². The highest BCUT2D eigenvalue weighted by Crippen LogP contribution is 2.29. The zero-order valence-corrected chi connectivity index (χ0v) is 15.1. The number of amides is 2. The molecule has 143 valence electrons. The zero-order valence-electron chi connectivity index (χ0n) is 15.1. The molecule has 1 aromatic carbocycles. The van der Waals surface area contributed by atoms with E-state index in [1.54, 1.807) is 13.0 Å². The van der Waals surface area contributed by atoms with Crippen LogP contribution in [0.4, 0.5) is 8.78 Å². The molecule has 8 heteroatoms. The number of nitrogens with one attached hydrogen (secondary N) is 3. The van der Waals surface area contributed by atoms with Gasteiger partial charge in [-0.3, -0.25) is 9.59 Å². The van der Waals surface area contributed by atoms with Gasteiger partial charge in [0.25, 0.3) is 0 Å². The highest BCUT2D eigenvalue weighted by Gasteiger charge is 2.33. The molecule has 2 amide bonds. The van der Waals surface area contributed by atoms with Crippen molar-refractivity contribution in [2.45, 2.75) is 19.9 Å². The van der Waals surface area contributed by atoms with Gasteiger partial charge < -0.3 is 16.0 Å². The summed E-state index contributed by atoms with van der Waals surface area (Å²) in [4.78, 5) is 25.0. The Labute approximate surface area is 160 Å². The lowest BCUT2D eigenvalue weighted by atomic mass is 9.89. The smallest absolute Gasteiger partial charge is 0.249 e. The Hall–Kier alpha value is -3.47. The Morgan fingerprint density at radius 3 is 2.71 bits per heavy atom. The molecule has 3 rings (SSSR count). The Bertz CT molecular complexity index is 975. The Balaban J connectivity index is 1.81. The fourth-order valence-electron chi connectivity index (χ4n) is 3.01. The minimum atomic E-state index is -0.856. The van der Waals surface area contributed by atoms with Gasteiger partial charge in [0.05, 0.1) is 12.0 Å². The highest BCUT2D eigenvalue weighted by atomic mass is 19.1. The molecule has 1 radical (unpaired) electrons. The van der Waals surface area contributed by atoms with E-state index in [0.29, 0.717) is 11.6 Å². The molecule has 3 N–H and O–H groups in total. The van der Waals surface area contributed by atoms with Gasteiger partial charge in [-0.25, -0.2) is 8.78 Å². The fraction of sp³-hybridized carbons (Fsp3) is 0.200. The second-order valence-corrected chi connectivity index (χ2v) is 6.46. The van der Waals surface area contributed by atoms with Crippen molar-refractivity contribution in [2.75, 3.05) is 0 Å². The summed E-state index contributed by atoms with van der Waals surface area (Å²) in [6, 6.07) is 4.86. The van der Waals surface area contributed by atoms with Crippen LogP contribution in [-0.4, -0.2) is 11.8 Å². The van der Waals surface area contributed by atoms with Crippen molar-refractivity contribution in [1.82, 2.24) is 16.0 Å². The molecule has 2 heterocycles. The molecular formula is C20H17F2N4O2. The van der Waals surface area contributed by atoms with Gasteiger partial charge in [-0.15, -0.1) is 0 Å². The minimum absolute atomic E-state index is 0.135. The SMILES string of the molecule is C[C@@H](C(=O)N[C@@H](C)c1ccc(F)cc1F)C1=CC2=C(C#N)NC=C[C]2NC1=O. The highest BCUT2D eigenvalue weighted by molar-refractivity contribution is 6.03. The molecule has 28 heavy (non-hydrogen) atoms. The normalized spacial score (nSPS) is 18.2. The van der Waals surface area contributed by atoms with E-state index in [2.05, 4.69) is 16.0 Å². The van der Waals surface area contributed by atoms with Crippen molar-refractivity contribution in [3.63, 3.8) is 0 Å². The monoisotopic (exact) mass is 383 g/mol. The van der Waals surface area contributed by atoms with E-state index in [4.69, 9.17) is 0 Å². The Morgan fingerprint density at radius 1 is 1.29 bits per heavy atom. The summed E-state index contributed by atoms with van der Waals surface area (Å²) in [5.74, 6) is -3.28. The van der Waals surface area contributed by atoms with Crippen LogP contribution >= 0.6 is 0 Å². The van der Waals surface area contributed by atoms with Crippen molar-refractivity contribution in [3.05, 3.63) is 76.6 Å². The molecular weight excluding hydrogens is 366 g/mol. The van der Waals surface area contributed by atoms with Crippen LogP contribution < -0.4 is 16.0 Å². The maximum Gasteiger partial charge on any atom is 0.249 e. The van der Waals surface area contributed by atoms with Crippen molar-refractivity contribution in [3.8, 4) is 6.07 Å². The average molecular weight is 383 g/mol. The molecule has 1 aromatic rings. The van der Waals surface area contributed by atoms with E-state index in [9.17, 15) is 23.6 Å². The summed E-state index contributed by atoms with van der Waals surface area (Å²) in [6.45, 7) is 3.10. The molecule has 2 aliphatic rings. The molecule has 0 saturated carbocycles. The molecule has 0 fully saturated rings. The Kier molecular flexibility index (Phi) is 5.27.